The van der Waals surface area contributed by atoms with E-state index >= 15 is 0 Å². The highest BCUT2D eigenvalue weighted by Crippen LogP contribution is 2.18. The molecule has 0 saturated heterocycles. The van der Waals surface area contributed by atoms with Crippen molar-refractivity contribution >= 4 is 11.9 Å². The Morgan fingerprint density at radius 3 is 2.44 bits per heavy atom. The number of carboxylic acids is 1. The summed E-state index contributed by atoms with van der Waals surface area (Å²) in [5, 5.41) is 8.86. The van der Waals surface area contributed by atoms with Crippen molar-refractivity contribution in [3.05, 3.63) is 11.6 Å². The van der Waals surface area contributed by atoms with Crippen LogP contribution in [0.1, 0.15) is 27.2 Å². The van der Waals surface area contributed by atoms with Crippen molar-refractivity contribution in [1.29, 1.82) is 0 Å². The van der Waals surface area contributed by atoms with Crippen LogP contribution < -0.4 is 0 Å². The number of carbonyl (C=O) groups excluding carboxylic acids is 1. The fourth-order valence-electron chi connectivity index (χ4n) is 1.69. The van der Waals surface area contributed by atoms with Crippen LogP contribution in [0.4, 0.5) is 0 Å². The summed E-state index contributed by atoms with van der Waals surface area (Å²) in [6.07, 6.45) is 2.92. The minimum absolute atomic E-state index is 0.0568. The van der Waals surface area contributed by atoms with Crippen molar-refractivity contribution in [2.24, 2.45) is 11.8 Å². The smallest absolute Gasteiger partial charge is 0.307 e. The average molecular weight is 225 g/mol. The molecule has 0 bridgehead atoms. The number of hydrogen-bond acceptors (Lipinski definition) is 2. The SMILES string of the molecule is CC1=CCN(C(=O)C(C)C(C)C(=O)O)CC1. The molecule has 1 rings (SSSR count). The van der Waals surface area contributed by atoms with E-state index < -0.39 is 17.8 Å². The molecule has 0 saturated carbocycles. The monoisotopic (exact) mass is 225 g/mol. The number of hydrogen-bond donors (Lipinski definition) is 1. The first-order valence-corrected chi connectivity index (χ1v) is 5.60. The first-order chi connectivity index (χ1) is 7.43. The molecule has 90 valence electrons. The Morgan fingerprint density at radius 1 is 1.38 bits per heavy atom. The second-order valence-corrected chi connectivity index (χ2v) is 4.50. The molecule has 1 heterocycles. The summed E-state index contributed by atoms with van der Waals surface area (Å²) in [5.41, 5.74) is 1.29. The van der Waals surface area contributed by atoms with Crippen LogP contribution >= 0.6 is 0 Å². The van der Waals surface area contributed by atoms with Gasteiger partial charge in [0, 0.05) is 19.0 Å². The number of carbonyl (C=O) groups is 2. The van der Waals surface area contributed by atoms with E-state index in [2.05, 4.69) is 0 Å². The summed E-state index contributed by atoms with van der Waals surface area (Å²) in [4.78, 5) is 24.5. The van der Waals surface area contributed by atoms with Crippen molar-refractivity contribution in [2.45, 2.75) is 27.2 Å². The molecule has 2 unspecified atom stereocenters. The highest BCUT2D eigenvalue weighted by atomic mass is 16.4. The fourth-order valence-corrected chi connectivity index (χ4v) is 1.69. The normalized spacial score (nSPS) is 19.9. The standard InChI is InChI=1S/C12H19NO3/c1-8-4-6-13(7-5-8)11(14)9(2)10(3)12(15)16/h4,9-10H,5-7H2,1-3H3,(H,15,16). The molecule has 0 fully saturated rings. The summed E-state index contributed by atoms with van der Waals surface area (Å²) < 4.78 is 0. The summed E-state index contributed by atoms with van der Waals surface area (Å²) in [6.45, 7) is 6.63. The van der Waals surface area contributed by atoms with Gasteiger partial charge in [-0.05, 0) is 13.3 Å². The maximum Gasteiger partial charge on any atom is 0.307 e. The maximum atomic E-state index is 12.0. The van der Waals surface area contributed by atoms with Crippen molar-refractivity contribution < 1.29 is 14.7 Å². The molecule has 0 aromatic rings. The number of aliphatic carboxylic acids is 1. The van der Waals surface area contributed by atoms with E-state index in [0.717, 1.165) is 6.42 Å². The molecule has 1 amide bonds. The Labute approximate surface area is 95.9 Å². The Kier molecular flexibility index (Phi) is 4.10. The fraction of sp³-hybridized carbons (Fsp3) is 0.667. The van der Waals surface area contributed by atoms with E-state index in [1.807, 2.05) is 13.0 Å². The third-order valence-corrected chi connectivity index (χ3v) is 3.28. The van der Waals surface area contributed by atoms with Crippen LogP contribution in [0.3, 0.4) is 0 Å². The molecular formula is C12H19NO3. The van der Waals surface area contributed by atoms with E-state index in [0.29, 0.717) is 13.1 Å². The largest absolute Gasteiger partial charge is 0.481 e. The van der Waals surface area contributed by atoms with E-state index in [9.17, 15) is 9.59 Å². The number of nitrogens with zero attached hydrogens (tertiary/aromatic N) is 1. The van der Waals surface area contributed by atoms with Crippen molar-refractivity contribution in [3.8, 4) is 0 Å². The molecule has 0 aliphatic carbocycles. The van der Waals surface area contributed by atoms with Gasteiger partial charge < -0.3 is 10.0 Å². The van der Waals surface area contributed by atoms with E-state index in [1.54, 1.807) is 18.7 Å². The zero-order chi connectivity index (χ0) is 12.3. The third-order valence-electron chi connectivity index (χ3n) is 3.28. The Balaban J connectivity index is 2.61. The molecule has 1 aliphatic heterocycles. The second kappa shape index (κ2) is 5.14. The van der Waals surface area contributed by atoms with Gasteiger partial charge in [0.05, 0.1) is 5.92 Å². The summed E-state index contributed by atoms with van der Waals surface area (Å²) in [7, 11) is 0. The van der Waals surface area contributed by atoms with E-state index in [1.165, 1.54) is 5.57 Å². The number of carboxylic acid groups (broad SMARTS) is 1. The summed E-state index contributed by atoms with van der Waals surface area (Å²) in [6, 6.07) is 0. The van der Waals surface area contributed by atoms with Crippen LogP contribution in [0.25, 0.3) is 0 Å². The molecule has 1 aliphatic rings. The van der Waals surface area contributed by atoms with E-state index in [-0.39, 0.29) is 5.91 Å². The van der Waals surface area contributed by atoms with Crippen LogP contribution in [0, 0.1) is 11.8 Å². The first kappa shape index (κ1) is 12.7. The lowest BCUT2D eigenvalue weighted by Gasteiger charge is -2.29. The van der Waals surface area contributed by atoms with Gasteiger partial charge >= 0.3 is 5.97 Å². The molecule has 0 aromatic heterocycles. The van der Waals surface area contributed by atoms with Gasteiger partial charge in [0.2, 0.25) is 5.91 Å². The van der Waals surface area contributed by atoms with Gasteiger partial charge in [0.1, 0.15) is 0 Å². The lowest BCUT2D eigenvalue weighted by atomic mass is 9.94. The highest BCUT2D eigenvalue weighted by Gasteiger charge is 2.29. The molecule has 2 atom stereocenters. The number of amides is 1. The van der Waals surface area contributed by atoms with Gasteiger partial charge in [-0.2, -0.15) is 0 Å². The highest BCUT2D eigenvalue weighted by molar-refractivity contribution is 5.84. The molecular weight excluding hydrogens is 206 g/mol. The second-order valence-electron chi connectivity index (χ2n) is 4.50. The molecule has 4 heteroatoms. The lowest BCUT2D eigenvalue weighted by Crippen LogP contribution is -2.41. The molecule has 1 N–H and O–H groups in total. The third kappa shape index (κ3) is 2.84. The quantitative estimate of drug-likeness (QED) is 0.741. The Morgan fingerprint density at radius 2 is 2.00 bits per heavy atom. The predicted molar refractivity (Wildman–Crippen MR) is 60.9 cm³/mol. The van der Waals surface area contributed by atoms with Gasteiger partial charge in [0.25, 0.3) is 0 Å². The minimum Gasteiger partial charge on any atom is -0.481 e. The molecule has 0 spiro atoms. The molecule has 4 nitrogen and oxygen atoms in total. The van der Waals surface area contributed by atoms with Crippen molar-refractivity contribution in [3.63, 3.8) is 0 Å². The number of rotatable bonds is 3. The van der Waals surface area contributed by atoms with Gasteiger partial charge in [-0.1, -0.05) is 25.5 Å². The molecule has 0 aromatic carbocycles. The van der Waals surface area contributed by atoms with E-state index in [4.69, 9.17) is 5.11 Å². The van der Waals surface area contributed by atoms with Crippen LogP contribution in [0.15, 0.2) is 11.6 Å². The topological polar surface area (TPSA) is 57.6 Å². The first-order valence-electron chi connectivity index (χ1n) is 5.60. The predicted octanol–water partition coefficient (Wildman–Crippen LogP) is 1.52. The summed E-state index contributed by atoms with van der Waals surface area (Å²) >= 11 is 0. The van der Waals surface area contributed by atoms with Crippen molar-refractivity contribution in [2.75, 3.05) is 13.1 Å². The lowest BCUT2D eigenvalue weighted by molar-refractivity contribution is -0.149. The van der Waals surface area contributed by atoms with Crippen molar-refractivity contribution in [1.82, 2.24) is 4.90 Å². The Hall–Kier alpha value is -1.32. The van der Waals surface area contributed by atoms with Crippen LogP contribution in [0.5, 0.6) is 0 Å². The van der Waals surface area contributed by atoms with Crippen LogP contribution in [0.2, 0.25) is 0 Å². The zero-order valence-corrected chi connectivity index (χ0v) is 10.1. The average Bonchev–Trinajstić information content (AvgIpc) is 2.27. The Bertz CT molecular complexity index is 322. The zero-order valence-electron chi connectivity index (χ0n) is 10.1. The maximum absolute atomic E-state index is 12.0. The minimum atomic E-state index is -0.912. The summed E-state index contributed by atoms with van der Waals surface area (Å²) in [5.74, 6) is -2.05. The molecule has 16 heavy (non-hydrogen) atoms. The van der Waals surface area contributed by atoms with Crippen LogP contribution in [-0.4, -0.2) is 35.0 Å². The van der Waals surface area contributed by atoms with Gasteiger partial charge in [0.15, 0.2) is 0 Å². The van der Waals surface area contributed by atoms with Gasteiger partial charge in [-0.25, -0.2) is 0 Å². The van der Waals surface area contributed by atoms with Crippen LogP contribution in [-0.2, 0) is 9.59 Å². The molecule has 0 radical (unpaired) electrons. The van der Waals surface area contributed by atoms with Gasteiger partial charge in [-0.15, -0.1) is 0 Å². The van der Waals surface area contributed by atoms with Gasteiger partial charge in [-0.3, -0.25) is 9.59 Å².